The van der Waals surface area contributed by atoms with E-state index < -0.39 is 0 Å². The fraction of sp³-hybridized carbons (Fsp3) is 0.333. The van der Waals surface area contributed by atoms with Crippen molar-refractivity contribution in [3.63, 3.8) is 0 Å². The Hall–Kier alpha value is -1.53. The van der Waals surface area contributed by atoms with Gasteiger partial charge in [0.15, 0.2) is 11.0 Å². The summed E-state index contributed by atoms with van der Waals surface area (Å²) in [6, 6.07) is 6.93. The Bertz CT molecular complexity index is 511. The Balaban J connectivity index is 2.17. The van der Waals surface area contributed by atoms with Gasteiger partial charge in [-0.25, -0.2) is 0 Å². The van der Waals surface area contributed by atoms with Gasteiger partial charge in [-0.05, 0) is 24.3 Å². The molecule has 1 heterocycles. The molecule has 0 saturated heterocycles. The Morgan fingerprint density at radius 3 is 2.67 bits per heavy atom. The third-order valence-corrected chi connectivity index (χ3v) is 3.46. The highest BCUT2D eigenvalue weighted by atomic mass is 32.2. The Morgan fingerprint density at radius 1 is 1.28 bits per heavy atom. The highest BCUT2D eigenvalue weighted by molar-refractivity contribution is 7.99. The van der Waals surface area contributed by atoms with Crippen molar-refractivity contribution in [1.29, 1.82) is 0 Å². The molecule has 0 saturated carbocycles. The van der Waals surface area contributed by atoms with Gasteiger partial charge in [-0.1, -0.05) is 11.8 Å². The van der Waals surface area contributed by atoms with E-state index in [0.717, 1.165) is 22.3 Å². The van der Waals surface area contributed by atoms with E-state index in [2.05, 4.69) is 10.2 Å². The van der Waals surface area contributed by atoms with Gasteiger partial charge in [0.05, 0.1) is 6.61 Å². The topological polar surface area (TPSA) is 60.2 Å². The van der Waals surface area contributed by atoms with Crippen LogP contribution in [0.2, 0.25) is 0 Å². The van der Waals surface area contributed by atoms with Crippen molar-refractivity contribution in [2.24, 2.45) is 7.05 Å². The van der Waals surface area contributed by atoms with Crippen molar-refractivity contribution in [3.8, 4) is 17.1 Å². The summed E-state index contributed by atoms with van der Waals surface area (Å²) in [6.45, 7) is 0.687. The second kappa shape index (κ2) is 5.88. The maximum atomic E-state index is 9.26. The first-order chi connectivity index (χ1) is 8.72. The predicted octanol–water partition coefficient (Wildman–Crippen LogP) is 1.93. The van der Waals surface area contributed by atoms with Crippen LogP contribution in [0, 0.1) is 0 Å². The van der Waals surface area contributed by atoms with E-state index in [0.29, 0.717) is 6.61 Å². The minimum Gasteiger partial charge on any atom is -0.508 e. The minimum atomic E-state index is 0.246. The molecule has 0 radical (unpaired) electrons. The first kappa shape index (κ1) is 12.9. The molecule has 0 aliphatic heterocycles. The molecule has 18 heavy (non-hydrogen) atoms. The summed E-state index contributed by atoms with van der Waals surface area (Å²) in [4.78, 5) is 0. The van der Waals surface area contributed by atoms with Gasteiger partial charge < -0.3 is 14.4 Å². The van der Waals surface area contributed by atoms with E-state index in [1.54, 1.807) is 31.0 Å². The molecule has 1 aromatic heterocycles. The zero-order chi connectivity index (χ0) is 13.0. The van der Waals surface area contributed by atoms with Crippen LogP contribution in [0.4, 0.5) is 0 Å². The number of methoxy groups -OCH3 is 1. The molecule has 0 bridgehead atoms. The summed E-state index contributed by atoms with van der Waals surface area (Å²) in [7, 11) is 3.61. The second-order valence-corrected chi connectivity index (χ2v) is 4.82. The molecule has 0 fully saturated rings. The fourth-order valence-corrected chi connectivity index (χ4v) is 2.33. The number of nitrogens with zero attached hydrogens (tertiary/aromatic N) is 3. The molecule has 1 aromatic carbocycles. The van der Waals surface area contributed by atoms with Crippen LogP contribution in [0.25, 0.3) is 11.4 Å². The number of ether oxygens (including phenoxy) is 1. The van der Waals surface area contributed by atoms with Crippen molar-refractivity contribution >= 4 is 11.8 Å². The van der Waals surface area contributed by atoms with Crippen LogP contribution in [0.1, 0.15) is 0 Å². The molecule has 0 atom stereocenters. The molecular formula is C12H15N3O2S. The van der Waals surface area contributed by atoms with Gasteiger partial charge >= 0.3 is 0 Å². The van der Waals surface area contributed by atoms with Gasteiger partial charge in [0.1, 0.15) is 5.75 Å². The quantitative estimate of drug-likeness (QED) is 0.661. The van der Waals surface area contributed by atoms with Crippen LogP contribution in [0.15, 0.2) is 29.4 Å². The molecule has 0 aliphatic rings. The van der Waals surface area contributed by atoms with Crippen LogP contribution < -0.4 is 0 Å². The SMILES string of the molecule is COCCSc1nnc(-c2ccc(O)cc2)n1C. The van der Waals surface area contributed by atoms with E-state index in [9.17, 15) is 5.11 Å². The molecule has 5 nitrogen and oxygen atoms in total. The molecule has 0 unspecified atom stereocenters. The van der Waals surface area contributed by atoms with Crippen LogP contribution >= 0.6 is 11.8 Å². The highest BCUT2D eigenvalue weighted by Crippen LogP contribution is 2.23. The lowest BCUT2D eigenvalue weighted by Gasteiger charge is -2.03. The average Bonchev–Trinajstić information content (AvgIpc) is 2.73. The standard InChI is InChI=1S/C12H15N3O2S/c1-15-11(9-3-5-10(16)6-4-9)13-14-12(15)18-8-7-17-2/h3-6,16H,7-8H2,1-2H3. The third kappa shape index (κ3) is 2.83. The normalized spacial score (nSPS) is 10.8. The number of aromatic hydroxyl groups is 1. The van der Waals surface area contributed by atoms with E-state index in [-0.39, 0.29) is 5.75 Å². The van der Waals surface area contributed by atoms with Gasteiger partial charge in [-0.15, -0.1) is 10.2 Å². The average molecular weight is 265 g/mol. The van der Waals surface area contributed by atoms with Crippen molar-refractivity contribution in [3.05, 3.63) is 24.3 Å². The fourth-order valence-electron chi connectivity index (χ4n) is 1.52. The number of hydrogen-bond donors (Lipinski definition) is 1. The number of phenols is 1. The second-order valence-electron chi connectivity index (χ2n) is 3.75. The van der Waals surface area contributed by atoms with E-state index in [4.69, 9.17) is 4.74 Å². The minimum absolute atomic E-state index is 0.246. The van der Waals surface area contributed by atoms with Gasteiger partial charge in [-0.2, -0.15) is 0 Å². The van der Waals surface area contributed by atoms with Gasteiger partial charge in [0.25, 0.3) is 0 Å². The molecule has 0 spiro atoms. The lowest BCUT2D eigenvalue weighted by molar-refractivity contribution is 0.218. The molecule has 0 amide bonds. The number of benzene rings is 1. The van der Waals surface area contributed by atoms with Gasteiger partial charge in [0.2, 0.25) is 0 Å². The van der Waals surface area contributed by atoms with Gasteiger partial charge in [-0.3, -0.25) is 0 Å². The summed E-state index contributed by atoms with van der Waals surface area (Å²) in [5.74, 6) is 1.88. The van der Waals surface area contributed by atoms with Crippen LogP contribution in [-0.2, 0) is 11.8 Å². The molecule has 0 aliphatic carbocycles. The molecule has 6 heteroatoms. The lowest BCUT2D eigenvalue weighted by atomic mass is 10.2. The number of hydrogen-bond acceptors (Lipinski definition) is 5. The van der Waals surface area contributed by atoms with Crippen molar-refractivity contribution in [1.82, 2.24) is 14.8 Å². The zero-order valence-electron chi connectivity index (χ0n) is 10.3. The monoisotopic (exact) mass is 265 g/mol. The first-order valence-electron chi connectivity index (χ1n) is 5.53. The smallest absolute Gasteiger partial charge is 0.191 e. The molecular weight excluding hydrogens is 250 g/mol. The Morgan fingerprint density at radius 2 is 2.00 bits per heavy atom. The Kier molecular flexibility index (Phi) is 4.22. The summed E-state index contributed by atoms with van der Waals surface area (Å²) in [5.41, 5.74) is 0.932. The molecule has 96 valence electrons. The largest absolute Gasteiger partial charge is 0.508 e. The molecule has 2 aromatic rings. The van der Waals surface area contributed by atoms with E-state index in [1.165, 1.54) is 0 Å². The predicted molar refractivity (Wildman–Crippen MR) is 70.7 cm³/mol. The molecule has 1 N–H and O–H groups in total. The summed E-state index contributed by atoms with van der Waals surface area (Å²) in [5, 5.41) is 18.4. The lowest BCUT2D eigenvalue weighted by Crippen LogP contribution is -1.97. The maximum absolute atomic E-state index is 9.26. The number of thioether (sulfide) groups is 1. The third-order valence-electron chi connectivity index (χ3n) is 2.48. The first-order valence-corrected chi connectivity index (χ1v) is 6.51. The number of rotatable bonds is 5. The van der Waals surface area contributed by atoms with E-state index >= 15 is 0 Å². The van der Waals surface area contributed by atoms with Gasteiger partial charge in [0, 0.05) is 25.5 Å². The van der Waals surface area contributed by atoms with Crippen LogP contribution in [0.5, 0.6) is 5.75 Å². The van der Waals surface area contributed by atoms with E-state index in [1.807, 2.05) is 23.7 Å². The highest BCUT2D eigenvalue weighted by Gasteiger charge is 2.10. The Labute approximate surface area is 110 Å². The van der Waals surface area contributed by atoms with Crippen molar-refractivity contribution in [2.75, 3.05) is 19.5 Å². The zero-order valence-corrected chi connectivity index (χ0v) is 11.1. The maximum Gasteiger partial charge on any atom is 0.191 e. The molecule has 2 rings (SSSR count). The van der Waals surface area contributed by atoms with Crippen LogP contribution in [-0.4, -0.2) is 39.3 Å². The summed E-state index contributed by atoms with van der Waals surface area (Å²) >= 11 is 1.61. The summed E-state index contributed by atoms with van der Waals surface area (Å²) in [6.07, 6.45) is 0. The van der Waals surface area contributed by atoms with Crippen LogP contribution in [0.3, 0.4) is 0 Å². The number of aromatic nitrogens is 3. The van der Waals surface area contributed by atoms with Crippen molar-refractivity contribution in [2.45, 2.75) is 5.16 Å². The number of phenolic OH excluding ortho intramolecular Hbond substituents is 1. The summed E-state index contributed by atoms with van der Waals surface area (Å²) < 4.78 is 6.94. The van der Waals surface area contributed by atoms with Crippen molar-refractivity contribution < 1.29 is 9.84 Å².